The third-order valence-electron chi connectivity index (χ3n) is 4.66. The van der Waals surface area contributed by atoms with Crippen molar-refractivity contribution in [2.75, 3.05) is 69.6 Å². The van der Waals surface area contributed by atoms with Crippen LogP contribution in [0.1, 0.15) is 12.8 Å². The molecule has 4 heteroatoms. The Morgan fingerprint density at radius 2 is 1.86 bits per heavy atom. The zero-order chi connectivity index (χ0) is 14.5. The molecule has 21 heavy (non-hydrogen) atoms. The number of nitrogens with one attached hydrogen (secondary N) is 1. The van der Waals surface area contributed by atoms with Crippen LogP contribution in [0.4, 0.5) is 11.4 Å². The molecule has 1 aromatic carbocycles. The van der Waals surface area contributed by atoms with Gasteiger partial charge >= 0.3 is 0 Å². The fourth-order valence-corrected chi connectivity index (χ4v) is 3.33. The first-order valence-electron chi connectivity index (χ1n) is 8.32. The van der Waals surface area contributed by atoms with Crippen molar-refractivity contribution in [1.29, 1.82) is 0 Å². The average Bonchev–Trinajstić information content (AvgIpc) is 2.83. The molecule has 0 atom stereocenters. The number of nitrogens with zero attached hydrogens (tertiary/aromatic N) is 3. The minimum absolute atomic E-state index is 1.09. The first-order valence-corrected chi connectivity index (χ1v) is 8.32. The van der Waals surface area contributed by atoms with Crippen LogP contribution in [0.25, 0.3) is 0 Å². The van der Waals surface area contributed by atoms with Crippen LogP contribution in [0, 0.1) is 0 Å². The number of rotatable bonds is 3. The van der Waals surface area contributed by atoms with Gasteiger partial charge in [-0.3, -0.25) is 0 Å². The van der Waals surface area contributed by atoms with Crippen molar-refractivity contribution in [2.24, 2.45) is 0 Å². The molecule has 0 amide bonds. The highest BCUT2D eigenvalue weighted by Crippen LogP contribution is 2.27. The molecule has 1 aromatic rings. The summed E-state index contributed by atoms with van der Waals surface area (Å²) in [6, 6.07) is 8.73. The Hall–Kier alpha value is -1.26. The minimum atomic E-state index is 1.09. The lowest BCUT2D eigenvalue weighted by atomic mass is 10.2. The van der Waals surface area contributed by atoms with Gasteiger partial charge in [-0.25, -0.2) is 0 Å². The summed E-state index contributed by atoms with van der Waals surface area (Å²) in [5.74, 6) is 0. The normalized spacial score (nSPS) is 21.3. The summed E-state index contributed by atoms with van der Waals surface area (Å²) in [6.45, 7) is 9.48. The van der Waals surface area contributed by atoms with Crippen LogP contribution in [0.5, 0.6) is 0 Å². The van der Waals surface area contributed by atoms with Gasteiger partial charge in [0.25, 0.3) is 0 Å². The quantitative estimate of drug-likeness (QED) is 0.917. The van der Waals surface area contributed by atoms with Gasteiger partial charge in [0.05, 0.1) is 11.4 Å². The standard InChI is InChI=1S/C17H28N4/c1-19-9-5-10-20(13-12-19)14-15-21-11-4-8-18-16-6-2-3-7-17(16)21/h2-3,6-7,18H,4-5,8-15H2,1H3. The number of hydrogen-bond acceptors (Lipinski definition) is 4. The van der Waals surface area contributed by atoms with Gasteiger partial charge in [-0.1, -0.05) is 12.1 Å². The molecule has 0 aliphatic carbocycles. The van der Waals surface area contributed by atoms with E-state index in [0.717, 1.165) is 19.6 Å². The maximum atomic E-state index is 3.55. The molecule has 1 N–H and O–H groups in total. The van der Waals surface area contributed by atoms with Gasteiger partial charge in [-0.2, -0.15) is 0 Å². The van der Waals surface area contributed by atoms with E-state index in [4.69, 9.17) is 0 Å². The lowest BCUT2D eigenvalue weighted by Gasteiger charge is -2.28. The summed E-state index contributed by atoms with van der Waals surface area (Å²) in [5.41, 5.74) is 2.67. The summed E-state index contributed by atoms with van der Waals surface area (Å²) in [5, 5.41) is 3.55. The summed E-state index contributed by atoms with van der Waals surface area (Å²) in [7, 11) is 2.24. The molecular formula is C17H28N4. The maximum absolute atomic E-state index is 3.55. The molecule has 0 bridgehead atoms. The predicted molar refractivity (Wildman–Crippen MR) is 90.3 cm³/mol. The van der Waals surface area contributed by atoms with E-state index in [2.05, 4.69) is 51.3 Å². The van der Waals surface area contributed by atoms with Crippen LogP contribution in [-0.4, -0.2) is 69.2 Å². The topological polar surface area (TPSA) is 21.8 Å². The Bertz CT molecular complexity index is 448. The average molecular weight is 288 g/mol. The van der Waals surface area contributed by atoms with E-state index in [0.29, 0.717) is 0 Å². The number of para-hydroxylation sites is 2. The molecule has 2 heterocycles. The molecule has 0 unspecified atom stereocenters. The van der Waals surface area contributed by atoms with Crippen molar-refractivity contribution < 1.29 is 0 Å². The number of anilines is 2. The SMILES string of the molecule is CN1CCCN(CCN2CCCNc3ccccc32)CC1. The van der Waals surface area contributed by atoms with E-state index in [1.807, 2.05) is 0 Å². The number of likely N-dealkylation sites (N-methyl/N-ethyl adjacent to an activating group) is 1. The highest BCUT2D eigenvalue weighted by Gasteiger charge is 2.17. The van der Waals surface area contributed by atoms with E-state index >= 15 is 0 Å². The largest absolute Gasteiger partial charge is 0.383 e. The van der Waals surface area contributed by atoms with Crippen LogP contribution in [0.3, 0.4) is 0 Å². The third-order valence-corrected chi connectivity index (χ3v) is 4.66. The lowest BCUT2D eigenvalue weighted by Crippen LogP contribution is -2.37. The van der Waals surface area contributed by atoms with Gasteiger partial charge in [-0.05, 0) is 45.1 Å². The van der Waals surface area contributed by atoms with Gasteiger partial charge in [0.15, 0.2) is 0 Å². The van der Waals surface area contributed by atoms with Gasteiger partial charge in [-0.15, -0.1) is 0 Å². The van der Waals surface area contributed by atoms with E-state index in [9.17, 15) is 0 Å². The van der Waals surface area contributed by atoms with Crippen LogP contribution >= 0.6 is 0 Å². The first-order chi connectivity index (χ1) is 10.3. The molecule has 0 saturated carbocycles. The zero-order valence-electron chi connectivity index (χ0n) is 13.2. The molecular weight excluding hydrogens is 260 g/mol. The van der Waals surface area contributed by atoms with Gasteiger partial charge < -0.3 is 20.0 Å². The highest BCUT2D eigenvalue weighted by molar-refractivity contribution is 5.70. The molecule has 0 spiro atoms. The minimum Gasteiger partial charge on any atom is -0.383 e. The number of fused-ring (bicyclic) bond motifs is 1. The number of benzene rings is 1. The molecule has 3 rings (SSSR count). The molecule has 4 nitrogen and oxygen atoms in total. The summed E-state index contributed by atoms with van der Waals surface area (Å²) in [4.78, 5) is 7.64. The molecule has 116 valence electrons. The third kappa shape index (κ3) is 3.89. The zero-order valence-corrected chi connectivity index (χ0v) is 13.2. The predicted octanol–water partition coefficient (Wildman–Crippen LogP) is 1.95. The van der Waals surface area contributed by atoms with Crippen molar-refractivity contribution in [3.8, 4) is 0 Å². The monoisotopic (exact) mass is 288 g/mol. The van der Waals surface area contributed by atoms with Gasteiger partial charge in [0.1, 0.15) is 0 Å². The molecule has 0 radical (unpaired) electrons. The van der Waals surface area contributed by atoms with E-state index in [1.165, 1.54) is 56.9 Å². The summed E-state index contributed by atoms with van der Waals surface area (Å²) >= 11 is 0. The lowest BCUT2D eigenvalue weighted by molar-refractivity contribution is 0.281. The fraction of sp³-hybridized carbons (Fsp3) is 0.647. The Morgan fingerprint density at radius 1 is 0.952 bits per heavy atom. The molecule has 1 fully saturated rings. The van der Waals surface area contributed by atoms with E-state index < -0.39 is 0 Å². The van der Waals surface area contributed by atoms with Crippen LogP contribution in [-0.2, 0) is 0 Å². The molecule has 2 aliphatic rings. The summed E-state index contributed by atoms with van der Waals surface area (Å²) in [6.07, 6.45) is 2.52. The van der Waals surface area contributed by atoms with Crippen molar-refractivity contribution in [3.63, 3.8) is 0 Å². The molecule has 2 aliphatic heterocycles. The smallest absolute Gasteiger partial charge is 0.0602 e. The van der Waals surface area contributed by atoms with Crippen molar-refractivity contribution in [2.45, 2.75) is 12.8 Å². The number of hydrogen-bond donors (Lipinski definition) is 1. The fourth-order valence-electron chi connectivity index (χ4n) is 3.33. The molecule has 0 aromatic heterocycles. The van der Waals surface area contributed by atoms with Crippen molar-refractivity contribution in [3.05, 3.63) is 24.3 Å². The highest BCUT2D eigenvalue weighted by atomic mass is 15.2. The van der Waals surface area contributed by atoms with Crippen LogP contribution in [0.15, 0.2) is 24.3 Å². The second-order valence-corrected chi connectivity index (χ2v) is 6.28. The Morgan fingerprint density at radius 3 is 2.81 bits per heavy atom. The van der Waals surface area contributed by atoms with Crippen LogP contribution < -0.4 is 10.2 Å². The Balaban J connectivity index is 1.59. The van der Waals surface area contributed by atoms with Crippen molar-refractivity contribution >= 4 is 11.4 Å². The summed E-state index contributed by atoms with van der Waals surface area (Å²) < 4.78 is 0. The second-order valence-electron chi connectivity index (χ2n) is 6.28. The Labute approximate surface area is 128 Å². The maximum Gasteiger partial charge on any atom is 0.0602 e. The van der Waals surface area contributed by atoms with Crippen molar-refractivity contribution in [1.82, 2.24) is 9.80 Å². The Kier molecular flexibility index (Phi) is 4.99. The first kappa shape index (κ1) is 14.7. The van der Waals surface area contributed by atoms with Crippen LogP contribution in [0.2, 0.25) is 0 Å². The van der Waals surface area contributed by atoms with E-state index in [1.54, 1.807) is 0 Å². The van der Waals surface area contributed by atoms with Gasteiger partial charge in [0, 0.05) is 39.3 Å². The molecule has 1 saturated heterocycles. The second kappa shape index (κ2) is 7.14. The van der Waals surface area contributed by atoms with Gasteiger partial charge in [0.2, 0.25) is 0 Å². The van der Waals surface area contributed by atoms with E-state index in [-0.39, 0.29) is 0 Å².